The minimum atomic E-state index is 0.0757. The average Bonchev–Trinajstić information content (AvgIpc) is 3.20. The molecule has 0 aliphatic carbocycles. The summed E-state index contributed by atoms with van der Waals surface area (Å²) in [5, 5.41) is 0. The van der Waals surface area contributed by atoms with Gasteiger partial charge in [0.05, 0.1) is 5.88 Å². The molecular formula is C20H16ClNO2. The van der Waals surface area contributed by atoms with E-state index in [9.17, 15) is 4.79 Å². The van der Waals surface area contributed by atoms with Gasteiger partial charge in [0, 0.05) is 24.7 Å². The number of fused-ring (bicyclic) bond motifs is 1. The largest absolute Gasteiger partial charge is 0.460 e. The fourth-order valence-corrected chi connectivity index (χ4v) is 3.40. The van der Waals surface area contributed by atoms with Crippen LogP contribution in [0.15, 0.2) is 59.0 Å². The molecule has 0 saturated heterocycles. The van der Waals surface area contributed by atoms with E-state index in [2.05, 4.69) is 12.1 Å². The van der Waals surface area contributed by atoms with Crippen LogP contribution in [0.3, 0.4) is 0 Å². The number of hydrogen-bond acceptors (Lipinski definition) is 2. The molecular weight excluding hydrogens is 322 g/mol. The summed E-state index contributed by atoms with van der Waals surface area (Å²) in [6, 6.07) is 17.8. The van der Waals surface area contributed by atoms with E-state index in [1.165, 1.54) is 0 Å². The van der Waals surface area contributed by atoms with Gasteiger partial charge >= 0.3 is 0 Å². The van der Waals surface area contributed by atoms with Crippen molar-refractivity contribution in [2.24, 2.45) is 0 Å². The normalized spacial score (nSPS) is 13.4. The predicted octanol–water partition coefficient (Wildman–Crippen LogP) is 4.94. The van der Waals surface area contributed by atoms with Gasteiger partial charge < -0.3 is 9.32 Å². The number of alkyl halides is 1. The molecule has 1 aliphatic rings. The number of carbonyl (C=O) groups excluding carboxylic acids is 1. The summed E-state index contributed by atoms with van der Waals surface area (Å²) in [6.45, 7) is 0.629. The van der Waals surface area contributed by atoms with E-state index in [4.69, 9.17) is 16.0 Å². The number of halogens is 1. The van der Waals surface area contributed by atoms with Crippen LogP contribution in [-0.4, -0.2) is 17.9 Å². The lowest BCUT2D eigenvalue weighted by atomic mass is 9.92. The van der Waals surface area contributed by atoms with Crippen LogP contribution >= 0.6 is 11.6 Å². The van der Waals surface area contributed by atoms with Gasteiger partial charge in [0.1, 0.15) is 11.5 Å². The molecule has 3 nitrogen and oxygen atoms in total. The maximum absolute atomic E-state index is 12.3. The number of benzene rings is 2. The van der Waals surface area contributed by atoms with Gasteiger partial charge in [0.25, 0.3) is 5.91 Å². The van der Waals surface area contributed by atoms with Gasteiger partial charge in [-0.2, -0.15) is 0 Å². The topological polar surface area (TPSA) is 33.5 Å². The summed E-state index contributed by atoms with van der Waals surface area (Å²) >= 11 is 5.86. The second-order valence-corrected chi connectivity index (χ2v) is 6.21. The lowest BCUT2D eigenvalue weighted by molar-refractivity contribution is 0.0816. The van der Waals surface area contributed by atoms with Gasteiger partial charge in [0.2, 0.25) is 0 Å². The van der Waals surface area contributed by atoms with E-state index in [0.29, 0.717) is 12.4 Å². The SMILES string of the molecule is CN1Cc2c(cccc2-c2ccccc2-c2ccc(CCl)o2)C1=O. The summed E-state index contributed by atoms with van der Waals surface area (Å²) in [4.78, 5) is 14.0. The molecule has 0 unspecified atom stereocenters. The van der Waals surface area contributed by atoms with Crippen molar-refractivity contribution >= 4 is 17.5 Å². The van der Waals surface area contributed by atoms with E-state index in [1.54, 1.807) is 4.90 Å². The Kier molecular flexibility index (Phi) is 3.66. The molecule has 2 aromatic carbocycles. The second kappa shape index (κ2) is 5.84. The number of nitrogens with zero attached hydrogens (tertiary/aromatic N) is 1. The molecule has 4 heteroatoms. The number of furan rings is 1. The molecule has 3 aromatic rings. The van der Waals surface area contributed by atoms with Gasteiger partial charge in [-0.3, -0.25) is 4.79 Å². The van der Waals surface area contributed by atoms with Crippen molar-refractivity contribution in [3.8, 4) is 22.5 Å². The van der Waals surface area contributed by atoms with E-state index >= 15 is 0 Å². The number of rotatable bonds is 3. The van der Waals surface area contributed by atoms with Crippen LogP contribution in [-0.2, 0) is 12.4 Å². The van der Waals surface area contributed by atoms with Crippen LogP contribution in [0.2, 0.25) is 0 Å². The molecule has 24 heavy (non-hydrogen) atoms. The fourth-order valence-electron chi connectivity index (χ4n) is 3.25. The quantitative estimate of drug-likeness (QED) is 0.634. The van der Waals surface area contributed by atoms with Gasteiger partial charge in [-0.1, -0.05) is 36.4 Å². The first-order chi connectivity index (χ1) is 11.7. The lowest BCUT2D eigenvalue weighted by Gasteiger charge is -2.12. The minimum absolute atomic E-state index is 0.0757. The average molecular weight is 338 g/mol. The zero-order chi connectivity index (χ0) is 16.7. The van der Waals surface area contributed by atoms with E-state index in [-0.39, 0.29) is 5.91 Å². The first kappa shape index (κ1) is 15.0. The monoisotopic (exact) mass is 337 g/mol. The Morgan fingerprint density at radius 3 is 2.42 bits per heavy atom. The van der Waals surface area contributed by atoms with Crippen molar-refractivity contribution in [2.45, 2.75) is 12.4 Å². The Bertz CT molecular complexity index is 929. The number of amides is 1. The van der Waals surface area contributed by atoms with E-state index in [1.807, 2.05) is 49.5 Å². The molecule has 0 N–H and O–H groups in total. The molecule has 1 aliphatic heterocycles. The molecule has 0 spiro atoms. The third-order valence-electron chi connectivity index (χ3n) is 4.42. The Labute approximate surface area is 145 Å². The third kappa shape index (κ3) is 2.33. The van der Waals surface area contributed by atoms with Gasteiger partial charge in [-0.25, -0.2) is 0 Å². The van der Waals surface area contributed by atoms with Crippen LogP contribution in [0.5, 0.6) is 0 Å². The summed E-state index contributed by atoms with van der Waals surface area (Å²) in [7, 11) is 1.83. The highest BCUT2D eigenvalue weighted by atomic mass is 35.5. The molecule has 0 bridgehead atoms. The van der Waals surface area contributed by atoms with Crippen LogP contribution in [0.25, 0.3) is 22.5 Å². The third-order valence-corrected chi connectivity index (χ3v) is 4.69. The van der Waals surface area contributed by atoms with E-state index < -0.39 is 0 Å². The fraction of sp³-hybridized carbons (Fsp3) is 0.150. The lowest BCUT2D eigenvalue weighted by Crippen LogP contribution is -2.17. The molecule has 120 valence electrons. The maximum atomic E-state index is 12.3. The Hall–Kier alpha value is -2.52. The zero-order valence-electron chi connectivity index (χ0n) is 13.3. The molecule has 0 fully saturated rings. The van der Waals surface area contributed by atoms with Crippen molar-refractivity contribution in [1.82, 2.24) is 4.90 Å². The summed E-state index contributed by atoms with van der Waals surface area (Å²) in [5.41, 5.74) is 4.99. The number of carbonyl (C=O) groups is 1. The molecule has 4 rings (SSSR count). The van der Waals surface area contributed by atoms with Crippen LogP contribution in [0.1, 0.15) is 21.7 Å². The van der Waals surface area contributed by atoms with Crippen molar-refractivity contribution < 1.29 is 9.21 Å². The van der Waals surface area contributed by atoms with Crippen molar-refractivity contribution in [3.05, 3.63) is 71.5 Å². The summed E-state index contributed by atoms with van der Waals surface area (Å²) in [5.74, 6) is 1.96. The Balaban J connectivity index is 1.89. The summed E-state index contributed by atoms with van der Waals surface area (Å²) < 4.78 is 5.83. The standard InChI is InChI=1S/C20H16ClNO2/c1-22-12-18-15(7-4-8-17(18)20(22)23)14-5-2-3-6-16(14)19-10-9-13(11-21)24-19/h2-10H,11-12H2,1H3. The molecule has 1 amide bonds. The zero-order valence-corrected chi connectivity index (χ0v) is 14.0. The first-order valence-electron chi connectivity index (χ1n) is 7.81. The van der Waals surface area contributed by atoms with Crippen molar-refractivity contribution in [1.29, 1.82) is 0 Å². The van der Waals surface area contributed by atoms with Crippen LogP contribution in [0, 0.1) is 0 Å². The smallest absolute Gasteiger partial charge is 0.254 e. The van der Waals surface area contributed by atoms with Crippen LogP contribution in [0.4, 0.5) is 0 Å². The molecule has 0 atom stereocenters. The highest BCUT2D eigenvalue weighted by Crippen LogP contribution is 2.38. The predicted molar refractivity (Wildman–Crippen MR) is 94.9 cm³/mol. The maximum Gasteiger partial charge on any atom is 0.254 e. The van der Waals surface area contributed by atoms with Crippen LogP contribution < -0.4 is 0 Å². The Morgan fingerprint density at radius 2 is 1.67 bits per heavy atom. The summed E-state index contributed by atoms with van der Waals surface area (Å²) in [6.07, 6.45) is 0. The highest BCUT2D eigenvalue weighted by molar-refractivity contribution is 6.16. The minimum Gasteiger partial charge on any atom is -0.460 e. The molecule has 0 radical (unpaired) electrons. The molecule has 1 aromatic heterocycles. The second-order valence-electron chi connectivity index (χ2n) is 5.94. The van der Waals surface area contributed by atoms with Gasteiger partial charge in [0.15, 0.2) is 0 Å². The van der Waals surface area contributed by atoms with Gasteiger partial charge in [-0.15, -0.1) is 11.6 Å². The first-order valence-corrected chi connectivity index (χ1v) is 8.34. The molecule has 2 heterocycles. The van der Waals surface area contributed by atoms with E-state index in [0.717, 1.165) is 39.3 Å². The van der Waals surface area contributed by atoms with Crippen molar-refractivity contribution in [2.75, 3.05) is 7.05 Å². The Morgan fingerprint density at radius 1 is 0.958 bits per heavy atom. The van der Waals surface area contributed by atoms with Gasteiger partial charge in [-0.05, 0) is 34.9 Å². The number of hydrogen-bond donors (Lipinski definition) is 0. The molecule has 0 saturated carbocycles. The highest BCUT2D eigenvalue weighted by Gasteiger charge is 2.27. The van der Waals surface area contributed by atoms with Crippen molar-refractivity contribution in [3.63, 3.8) is 0 Å².